The van der Waals surface area contributed by atoms with E-state index in [9.17, 15) is 4.79 Å². The molecule has 0 saturated heterocycles. The molecule has 0 aromatic heterocycles. The number of Topliss-reactive ketones (excluding diaryl/α,β-unsaturated/α-hetero) is 1. The lowest BCUT2D eigenvalue weighted by atomic mass is 10.1. The first-order valence-electron chi connectivity index (χ1n) is 6.40. The molecule has 0 aliphatic heterocycles. The molecule has 0 radical (unpaired) electrons. The van der Waals surface area contributed by atoms with Crippen molar-refractivity contribution in [2.75, 3.05) is 12.4 Å². The van der Waals surface area contributed by atoms with Gasteiger partial charge in [0.05, 0.1) is 0 Å². The van der Waals surface area contributed by atoms with E-state index in [-0.39, 0.29) is 11.9 Å². The number of hydrogen-bond acceptors (Lipinski definition) is 3. The average molecular weight is 246 g/mol. The highest BCUT2D eigenvalue weighted by atomic mass is 32.1. The van der Waals surface area contributed by atoms with E-state index in [1.54, 1.807) is 0 Å². The second kappa shape index (κ2) is 10.2. The van der Waals surface area contributed by atoms with Gasteiger partial charge in [0, 0.05) is 13.0 Å². The summed E-state index contributed by atoms with van der Waals surface area (Å²) in [5.41, 5.74) is 0. The highest BCUT2D eigenvalue weighted by Gasteiger charge is 2.16. The van der Waals surface area contributed by atoms with E-state index < -0.39 is 0 Å². The number of ketones is 1. The lowest BCUT2D eigenvalue weighted by Gasteiger charge is -2.17. The molecule has 0 amide bonds. The number of hydrogen-bond donors (Lipinski definition) is 1. The molecule has 2 nitrogen and oxygen atoms in total. The van der Waals surface area contributed by atoms with Gasteiger partial charge in [-0.3, -0.25) is 4.79 Å². The molecule has 0 rings (SSSR count). The van der Waals surface area contributed by atoms with Gasteiger partial charge in [-0.25, -0.2) is 0 Å². The van der Waals surface area contributed by atoms with Crippen molar-refractivity contribution in [3.05, 3.63) is 0 Å². The van der Waals surface area contributed by atoms with Crippen LogP contribution in [-0.2, 0) is 9.53 Å². The summed E-state index contributed by atoms with van der Waals surface area (Å²) in [7, 11) is 0. The van der Waals surface area contributed by atoms with Crippen molar-refractivity contribution in [2.24, 2.45) is 5.92 Å². The Balaban J connectivity index is 3.86. The number of ether oxygens (including phenoxy) is 1. The van der Waals surface area contributed by atoms with Crippen molar-refractivity contribution < 1.29 is 9.53 Å². The van der Waals surface area contributed by atoms with Crippen molar-refractivity contribution in [3.8, 4) is 0 Å². The van der Waals surface area contributed by atoms with Gasteiger partial charge in [-0.2, -0.15) is 12.6 Å². The van der Waals surface area contributed by atoms with Gasteiger partial charge in [0.15, 0.2) is 5.78 Å². The Morgan fingerprint density at radius 3 is 2.50 bits per heavy atom. The summed E-state index contributed by atoms with van der Waals surface area (Å²) in [5, 5.41) is 0. The fourth-order valence-electron chi connectivity index (χ4n) is 1.46. The molecule has 0 saturated carbocycles. The molecule has 0 fully saturated rings. The molecular formula is C13H26O2S. The van der Waals surface area contributed by atoms with Crippen LogP contribution in [-0.4, -0.2) is 24.2 Å². The molecule has 2 atom stereocenters. The Labute approximate surface area is 106 Å². The van der Waals surface area contributed by atoms with E-state index in [1.807, 2.05) is 6.92 Å². The van der Waals surface area contributed by atoms with Crippen molar-refractivity contribution in [1.82, 2.24) is 0 Å². The predicted molar refractivity (Wildman–Crippen MR) is 72.2 cm³/mol. The third-order valence-corrected chi connectivity index (χ3v) is 3.27. The van der Waals surface area contributed by atoms with Crippen molar-refractivity contribution in [2.45, 2.75) is 59.0 Å². The van der Waals surface area contributed by atoms with Crippen LogP contribution in [0.3, 0.4) is 0 Å². The maximum Gasteiger partial charge on any atom is 0.161 e. The molecule has 0 aliphatic carbocycles. The number of rotatable bonds is 10. The summed E-state index contributed by atoms with van der Waals surface area (Å²) in [6, 6.07) is 0. The number of carbonyl (C=O) groups excluding carboxylic acids is 1. The van der Waals surface area contributed by atoms with Crippen molar-refractivity contribution >= 4 is 18.4 Å². The van der Waals surface area contributed by atoms with E-state index >= 15 is 0 Å². The number of carbonyl (C=O) groups is 1. The molecular weight excluding hydrogens is 220 g/mol. The van der Waals surface area contributed by atoms with Gasteiger partial charge in [-0.15, -0.1) is 0 Å². The Morgan fingerprint density at radius 1 is 1.31 bits per heavy atom. The smallest absolute Gasteiger partial charge is 0.161 e. The molecule has 0 N–H and O–H groups in total. The average Bonchev–Trinajstić information content (AvgIpc) is 2.32. The highest BCUT2D eigenvalue weighted by molar-refractivity contribution is 7.80. The van der Waals surface area contributed by atoms with Crippen LogP contribution in [0.25, 0.3) is 0 Å². The van der Waals surface area contributed by atoms with Crippen LogP contribution >= 0.6 is 12.6 Å². The van der Waals surface area contributed by atoms with Crippen LogP contribution in [0.1, 0.15) is 52.9 Å². The summed E-state index contributed by atoms with van der Waals surface area (Å²) in [6.45, 7) is 7.00. The molecule has 2 unspecified atom stereocenters. The normalized spacial score (nSPS) is 14.8. The lowest BCUT2D eigenvalue weighted by molar-refractivity contribution is -0.131. The summed E-state index contributed by atoms with van der Waals surface area (Å²) < 4.78 is 5.69. The molecule has 0 aromatic rings. The molecule has 0 spiro atoms. The summed E-state index contributed by atoms with van der Waals surface area (Å²) >= 11 is 4.16. The molecule has 16 heavy (non-hydrogen) atoms. The predicted octanol–water partition coefficient (Wildman–Crippen LogP) is 3.50. The first kappa shape index (κ1) is 16.0. The van der Waals surface area contributed by atoms with Crippen molar-refractivity contribution in [1.29, 1.82) is 0 Å². The first-order chi connectivity index (χ1) is 7.65. The van der Waals surface area contributed by atoms with E-state index in [1.165, 1.54) is 6.42 Å². The lowest BCUT2D eigenvalue weighted by Crippen LogP contribution is -2.24. The zero-order chi connectivity index (χ0) is 12.4. The van der Waals surface area contributed by atoms with Crippen LogP contribution in [0.5, 0.6) is 0 Å². The Bertz CT molecular complexity index is 183. The standard InChI is InChI=1S/C13H26O2S/c1-4-11(3)8-9-15-13(7-6-10-16)12(14)5-2/h11,13,16H,4-10H2,1-3H3. The minimum Gasteiger partial charge on any atom is -0.370 e. The molecule has 0 aromatic carbocycles. The fraction of sp³-hybridized carbons (Fsp3) is 0.923. The van der Waals surface area contributed by atoms with Crippen LogP contribution in [0.4, 0.5) is 0 Å². The Morgan fingerprint density at radius 2 is 2.00 bits per heavy atom. The van der Waals surface area contributed by atoms with E-state index in [4.69, 9.17) is 4.74 Å². The third-order valence-electron chi connectivity index (χ3n) is 2.96. The summed E-state index contributed by atoms with van der Waals surface area (Å²) in [5.74, 6) is 1.73. The van der Waals surface area contributed by atoms with Crippen LogP contribution in [0.2, 0.25) is 0 Å². The maximum absolute atomic E-state index is 11.6. The fourth-order valence-corrected chi connectivity index (χ4v) is 1.64. The Kier molecular flexibility index (Phi) is 10.1. The largest absolute Gasteiger partial charge is 0.370 e. The van der Waals surface area contributed by atoms with E-state index in [0.29, 0.717) is 18.9 Å². The van der Waals surface area contributed by atoms with Crippen LogP contribution in [0.15, 0.2) is 0 Å². The number of thiol groups is 1. The topological polar surface area (TPSA) is 26.3 Å². The van der Waals surface area contributed by atoms with Gasteiger partial charge in [0.1, 0.15) is 6.10 Å². The first-order valence-corrected chi connectivity index (χ1v) is 7.04. The quantitative estimate of drug-likeness (QED) is 0.597. The zero-order valence-electron chi connectivity index (χ0n) is 10.9. The Hall–Kier alpha value is -0.0200. The molecule has 0 heterocycles. The van der Waals surface area contributed by atoms with Crippen LogP contribution in [0, 0.1) is 5.92 Å². The second-order valence-electron chi connectivity index (χ2n) is 4.35. The van der Waals surface area contributed by atoms with Gasteiger partial charge in [-0.1, -0.05) is 27.2 Å². The molecule has 96 valence electrons. The third kappa shape index (κ3) is 7.29. The zero-order valence-corrected chi connectivity index (χ0v) is 11.8. The minimum atomic E-state index is -0.193. The maximum atomic E-state index is 11.6. The van der Waals surface area contributed by atoms with Crippen LogP contribution < -0.4 is 0 Å². The second-order valence-corrected chi connectivity index (χ2v) is 4.79. The monoisotopic (exact) mass is 246 g/mol. The van der Waals surface area contributed by atoms with Gasteiger partial charge in [-0.05, 0) is 30.9 Å². The highest BCUT2D eigenvalue weighted by Crippen LogP contribution is 2.11. The van der Waals surface area contributed by atoms with Crippen molar-refractivity contribution in [3.63, 3.8) is 0 Å². The van der Waals surface area contributed by atoms with Gasteiger partial charge >= 0.3 is 0 Å². The van der Waals surface area contributed by atoms with E-state index in [2.05, 4.69) is 26.5 Å². The molecule has 0 aliphatic rings. The molecule has 0 bridgehead atoms. The SMILES string of the molecule is CCC(=O)C(CCCS)OCCC(C)CC. The summed E-state index contributed by atoms with van der Waals surface area (Å²) in [4.78, 5) is 11.6. The van der Waals surface area contributed by atoms with Gasteiger partial charge in [0.2, 0.25) is 0 Å². The minimum absolute atomic E-state index is 0.193. The van der Waals surface area contributed by atoms with E-state index in [0.717, 1.165) is 25.0 Å². The van der Waals surface area contributed by atoms with Gasteiger partial charge in [0.25, 0.3) is 0 Å². The molecule has 3 heteroatoms. The van der Waals surface area contributed by atoms with Gasteiger partial charge < -0.3 is 4.74 Å². The summed E-state index contributed by atoms with van der Waals surface area (Å²) in [6.07, 6.45) is 4.36.